The number of aromatic nitrogens is 2. The maximum absolute atomic E-state index is 12.7. The van der Waals surface area contributed by atoms with Crippen molar-refractivity contribution < 1.29 is 19.1 Å². The lowest BCUT2D eigenvalue weighted by atomic mass is 10.1. The molecule has 32 heavy (non-hydrogen) atoms. The first-order valence-corrected chi connectivity index (χ1v) is 10.1. The Bertz CT molecular complexity index is 1160. The van der Waals surface area contributed by atoms with E-state index < -0.39 is 6.04 Å². The first kappa shape index (κ1) is 21.3. The van der Waals surface area contributed by atoms with E-state index in [-0.39, 0.29) is 30.7 Å². The maximum atomic E-state index is 12.7. The van der Waals surface area contributed by atoms with Gasteiger partial charge in [0.05, 0.1) is 18.7 Å². The van der Waals surface area contributed by atoms with Gasteiger partial charge in [0.25, 0.3) is 5.91 Å². The molecule has 2 heterocycles. The topological polar surface area (TPSA) is 114 Å². The fraction of sp³-hybridized carbons (Fsp3) is 0.217. The monoisotopic (exact) mass is 433 g/mol. The lowest BCUT2D eigenvalue weighted by molar-refractivity contribution is -0.123. The molecule has 1 atom stereocenters. The second-order valence-corrected chi connectivity index (χ2v) is 7.43. The zero-order valence-electron chi connectivity index (χ0n) is 17.7. The number of hydrogen-bond acceptors (Lipinski definition) is 5. The molecule has 4 rings (SSSR count). The van der Waals surface area contributed by atoms with Crippen LogP contribution in [-0.4, -0.2) is 34.6 Å². The Balaban J connectivity index is 1.53. The summed E-state index contributed by atoms with van der Waals surface area (Å²) in [6.45, 7) is 1.70. The number of ether oxygens (including phenoxy) is 1. The van der Waals surface area contributed by atoms with Crippen molar-refractivity contribution in [2.75, 3.05) is 23.1 Å². The second kappa shape index (κ2) is 9.03. The molecule has 3 aromatic rings. The second-order valence-electron chi connectivity index (χ2n) is 7.43. The molecular formula is C23H23N5O4. The predicted molar refractivity (Wildman–Crippen MR) is 120 cm³/mol. The summed E-state index contributed by atoms with van der Waals surface area (Å²) in [4.78, 5) is 36.4. The van der Waals surface area contributed by atoms with Crippen molar-refractivity contribution in [1.82, 2.24) is 9.78 Å². The Labute approximate surface area is 184 Å². The fourth-order valence-corrected chi connectivity index (χ4v) is 3.69. The summed E-state index contributed by atoms with van der Waals surface area (Å²) in [6, 6.07) is 15.6. The highest BCUT2D eigenvalue weighted by molar-refractivity contribution is 6.04. The molecule has 1 aliphatic heterocycles. The van der Waals surface area contributed by atoms with E-state index in [1.165, 1.54) is 6.92 Å². The summed E-state index contributed by atoms with van der Waals surface area (Å²) < 4.78 is 6.86. The number of rotatable bonds is 7. The van der Waals surface area contributed by atoms with Crippen molar-refractivity contribution in [3.05, 3.63) is 60.3 Å². The van der Waals surface area contributed by atoms with Gasteiger partial charge in [0.15, 0.2) is 0 Å². The normalized spacial score (nSPS) is 14.6. The molecule has 0 spiro atoms. The van der Waals surface area contributed by atoms with Gasteiger partial charge in [-0.3, -0.25) is 14.4 Å². The van der Waals surface area contributed by atoms with Crippen molar-refractivity contribution >= 4 is 34.9 Å². The third kappa shape index (κ3) is 4.37. The molecule has 2 aromatic carbocycles. The van der Waals surface area contributed by atoms with E-state index in [9.17, 15) is 14.4 Å². The molecule has 1 unspecified atom stereocenters. The molecule has 0 fully saturated rings. The fourth-order valence-electron chi connectivity index (χ4n) is 3.69. The number of hydrogen-bond donors (Lipinski definition) is 3. The van der Waals surface area contributed by atoms with Crippen LogP contribution >= 0.6 is 0 Å². The summed E-state index contributed by atoms with van der Waals surface area (Å²) in [6.07, 6.45) is -0.0748. The zero-order chi connectivity index (χ0) is 22.7. The van der Waals surface area contributed by atoms with Gasteiger partial charge in [0, 0.05) is 31.0 Å². The number of methoxy groups -OCH3 is 1. The highest BCUT2D eigenvalue weighted by Gasteiger charge is 2.37. The molecule has 0 radical (unpaired) electrons. The van der Waals surface area contributed by atoms with E-state index in [4.69, 9.17) is 4.74 Å². The summed E-state index contributed by atoms with van der Waals surface area (Å²) >= 11 is 0. The van der Waals surface area contributed by atoms with Crippen molar-refractivity contribution in [3.8, 4) is 11.1 Å². The van der Waals surface area contributed by atoms with E-state index >= 15 is 0 Å². The third-order valence-corrected chi connectivity index (χ3v) is 5.03. The standard InChI is InChI=1S/C23H23N5O4/c1-14(29)24-16-8-10-17(11-9-16)25-20(30)12-19-23(31)26-22-21(15-6-4-3-5-7-15)18(13-32-2)27-28(19)22/h3-11,19H,12-13H2,1-2H3,(H,24,29)(H,25,30)(H,26,31). The van der Waals surface area contributed by atoms with Crippen LogP contribution < -0.4 is 16.0 Å². The van der Waals surface area contributed by atoms with Gasteiger partial charge in [-0.15, -0.1) is 0 Å². The number of benzene rings is 2. The average Bonchev–Trinajstić information content (AvgIpc) is 3.25. The van der Waals surface area contributed by atoms with E-state index in [1.807, 2.05) is 30.3 Å². The molecule has 164 valence electrons. The minimum atomic E-state index is -0.767. The van der Waals surface area contributed by atoms with Crippen LogP contribution in [0.3, 0.4) is 0 Å². The first-order chi connectivity index (χ1) is 15.5. The van der Waals surface area contributed by atoms with Crippen LogP contribution in [0.1, 0.15) is 25.1 Å². The lowest BCUT2D eigenvalue weighted by Crippen LogP contribution is -2.24. The van der Waals surface area contributed by atoms with Crippen LogP contribution in [0.2, 0.25) is 0 Å². The molecule has 1 aromatic heterocycles. The van der Waals surface area contributed by atoms with Crippen LogP contribution in [0.5, 0.6) is 0 Å². The Hall–Kier alpha value is -3.98. The van der Waals surface area contributed by atoms with Gasteiger partial charge in [-0.25, -0.2) is 4.68 Å². The summed E-state index contributed by atoms with van der Waals surface area (Å²) in [5, 5.41) is 12.9. The van der Waals surface area contributed by atoms with Crippen LogP contribution in [0.25, 0.3) is 11.1 Å². The summed E-state index contributed by atoms with van der Waals surface area (Å²) in [7, 11) is 1.58. The Morgan fingerprint density at radius 1 is 1.06 bits per heavy atom. The van der Waals surface area contributed by atoms with Crippen LogP contribution in [0.15, 0.2) is 54.6 Å². The number of carbonyl (C=O) groups is 3. The zero-order valence-corrected chi connectivity index (χ0v) is 17.7. The average molecular weight is 433 g/mol. The van der Waals surface area contributed by atoms with E-state index in [0.717, 1.165) is 11.1 Å². The smallest absolute Gasteiger partial charge is 0.251 e. The van der Waals surface area contributed by atoms with Crippen LogP contribution in [0.4, 0.5) is 17.2 Å². The van der Waals surface area contributed by atoms with Gasteiger partial charge < -0.3 is 20.7 Å². The quantitative estimate of drug-likeness (QED) is 0.530. The van der Waals surface area contributed by atoms with Gasteiger partial charge in [-0.1, -0.05) is 30.3 Å². The highest BCUT2D eigenvalue weighted by atomic mass is 16.5. The van der Waals surface area contributed by atoms with Crippen molar-refractivity contribution in [2.45, 2.75) is 26.0 Å². The van der Waals surface area contributed by atoms with Gasteiger partial charge >= 0.3 is 0 Å². The molecule has 9 nitrogen and oxygen atoms in total. The van der Waals surface area contributed by atoms with Gasteiger partial charge in [-0.2, -0.15) is 5.10 Å². The van der Waals surface area contributed by atoms with E-state index in [2.05, 4.69) is 21.0 Å². The SMILES string of the molecule is COCc1nn2c(c1-c1ccccc1)NC(=O)C2CC(=O)Nc1ccc(NC(C)=O)cc1. The molecule has 0 saturated carbocycles. The minimum Gasteiger partial charge on any atom is -0.378 e. The van der Waals surface area contributed by atoms with Crippen LogP contribution in [-0.2, 0) is 25.7 Å². The Kier molecular flexibility index (Phi) is 6.00. The predicted octanol–water partition coefficient (Wildman–Crippen LogP) is 3.18. The van der Waals surface area contributed by atoms with E-state index in [0.29, 0.717) is 22.9 Å². The van der Waals surface area contributed by atoms with Crippen molar-refractivity contribution in [3.63, 3.8) is 0 Å². The van der Waals surface area contributed by atoms with Crippen LogP contribution in [0, 0.1) is 0 Å². The summed E-state index contributed by atoms with van der Waals surface area (Å²) in [5.74, 6) is -0.224. The number of nitrogens with one attached hydrogen (secondary N) is 3. The molecule has 1 aliphatic rings. The van der Waals surface area contributed by atoms with Gasteiger partial charge in [0.1, 0.15) is 11.9 Å². The van der Waals surface area contributed by atoms with Crippen molar-refractivity contribution in [2.24, 2.45) is 0 Å². The highest BCUT2D eigenvalue weighted by Crippen LogP contribution is 2.38. The Morgan fingerprint density at radius 2 is 1.72 bits per heavy atom. The number of amides is 3. The molecule has 0 saturated heterocycles. The molecular weight excluding hydrogens is 410 g/mol. The number of carbonyl (C=O) groups excluding carboxylic acids is 3. The maximum Gasteiger partial charge on any atom is 0.251 e. The molecule has 9 heteroatoms. The Morgan fingerprint density at radius 3 is 2.34 bits per heavy atom. The van der Waals surface area contributed by atoms with E-state index in [1.54, 1.807) is 36.1 Å². The number of nitrogens with zero attached hydrogens (tertiary/aromatic N) is 2. The number of fused-ring (bicyclic) bond motifs is 1. The summed E-state index contributed by atoms with van der Waals surface area (Å²) in [5.41, 5.74) is 3.58. The molecule has 0 bridgehead atoms. The minimum absolute atomic E-state index is 0.0748. The molecule has 0 aliphatic carbocycles. The third-order valence-electron chi connectivity index (χ3n) is 5.03. The van der Waals surface area contributed by atoms with Crippen molar-refractivity contribution in [1.29, 1.82) is 0 Å². The number of anilines is 3. The largest absolute Gasteiger partial charge is 0.378 e. The first-order valence-electron chi connectivity index (χ1n) is 10.1. The lowest BCUT2D eigenvalue weighted by Gasteiger charge is -2.11. The molecule has 3 amide bonds. The van der Waals surface area contributed by atoms with Gasteiger partial charge in [0.2, 0.25) is 11.8 Å². The van der Waals surface area contributed by atoms with Gasteiger partial charge in [-0.05, 0) is 29.8 Å². The molecule has 3 N–H and O–H groups in total.